The van der Waals surface area contributed by atoms with Gasteiger partial charge in [0.15, 0.2) is 11.8 Å². The van der Waals surface area contributed by atoms with Crippen molar-refractivity contribution < 1.29 is 8.91 Å². The Balaban J connectivity index is 1.66. The molecule has 2 N–H and O–H groups in total. The minimum Gasteiger partial charge on any atom is -0.367 e. The first-order valence-corrected chi connectivity index (χ1v) is 10.6. The standard InChI is InChI=1S/C22H33FN6O/c1-6-24-21(25-13-19-27-20(30-28-19)22(3,4)5)26-16-8-7-11-29(14-16)18-12-15(2)9-10-17(18)23/h9-10,12,16H,6-8,11,13-14H2,1-5H3,(H2,24,25,26). The van der Waals surface area contributed by atoms with Crippen molar-refractivity contribution in [1.29, 1.82) is 0 Å². The van der Waals surface area contributed by atoms with E-state index in [9.17, 15) is 4.39 Å². The number of rotatable bonds is 5. The van der Waals surface area contributed by atoms with E-state index in [1.807, 2.05) is 40.7 Å². The van der Waals surface area contributed by atoms with Crippen molar-refractivity contribution >= 4 is 11.6 Å². The van der Waals surface area contributed by atoms with Crippen LogP contribution >= 0.6 is 0 Å². The molecule has 0 radical (unpaired) electrons. The van der Waals surface area contributed by atoms with Crippen molar-refractivity contribution in [3.8, 4) is 0 Å². The fourth-order valence-corrected chi connectivity index (χ4v) is 3.46. The van der Waals surface area contributed by atoms with Crippen LogP contribution in [0, 0.1) is 12.7 Å². The molecule has 1 fully saturated rings. The van der Waals surface area contributed by atoms with Gasteiger partial charge in [-0.3, -0.25) is 0 Å². The highest BCUT2D eigenvalue weighted by atomic mass is 19.1. The highest BCUT2D eigenvalue weighted by Crippen LogP contribution is 2.24. The Bertz CT molecular complexity index is 873. The van der Waals surface area contributed by atoms with E-state index in [0.717, 1.165) is 38.0 Å². The summed E-state index contributed by atoms with van der Waals surface area (Å²) in [5, 5.41) is 10.8. The Hall–Kier alpha value is -2.64. The molecule has 2 aromatic rings. The number of benzene rings is 1. The normalized spacial score (nSPS) is 17.9. The molecule has 2 heterocycles. The molecule has 1 saturated heterocycles. The zero-order chi connectivity index (χ0) is 21.7. The van der Waals surface area contributed by atoms with E-state index in [2.05, 4.69) is 30.7 Å². The van der Waals surface area contributed by atoms with Gasteiger partial charge in [0.05, 0.1) is 5.69 Å². The average molecular weight is 417 g/mol. The number of aromatic nitrogens is 2. The summed E-state index contributed by atoms with van der Waals surface area (Å²) >= 11 is 0. The van der Waals surface area contributed by atoms with Crippen LogP contribution in [0.5, 0.6) is 0 Å². The maximum atomic E-state index is 14.3. The Morgan fingerprint density at radius 1 is 1.37 bits per heavy atom. The molecule has 1 aliphatic rings. The van der Waals surface area contributed by atoms with Crippen molar-refractivity contribution in [3.05, 3.63) is 41.3 Å². The smallest absolute Gasteiger partial charge is 0.232 e. The number of anilines is 1. The van der Waals surface area contributed by atoms with E-state index in [1.54, 1.807) is 12.1 Å². The maximum Gasteiger partial charge on any atom is 0.232 e. The van der Waals surface area contributed by atoms with Crippen molar-refractivity contribution in [2.75, 3.05) is 24.5 Å². The number of nitrogens with zero attached hydrogens (tertiary/aromatic N) is 4. The molecule has 1 aromatic heterocycles. The summed E-state index contributed by atoms with van der Waals surface area (Å²) in [4.78, 5) is 11.2. The third-order valence-corrected chi connectivity index (χ3v) is 5.04. The minimum atomic E-state index is -0.186. The van der Waals surface area contributed by atoms with Gasteiger partial charge in [0.1, 0.15) is 12.4 Å². The second kappa shape index (κ2) is 9.45. The SMILES string of the molecule is CCNC(=NCc1noc(C(C)(C)C)n1)NC1CCCN(c2cc(C)ccc2F)C1. The molecule has 30 heavy (non-hydrogen) atoms. The number of aryl methyl sites for hydroxylation is 1. The largest absolute Gasteiger partial charge is 0.367 e. The van der Waals surface area contributed by atoms with Crippen LogP contribution < -0.4 is 15.5 Å². The molecule has 0 saturated carbocycles. The molecule has 0 spiro atoms. The number of halogens is 1. The van der Waals surface area contributed by atoms with Gasteiger partial charge in [-0.2, -0.15) is 4.98 Å². The van der Waals surface area contributed by atoms with Gasteiger partial charge >= 0.3 is 0 Å². The van der Waals surface area contributed by atoms with Crippen molar-refractivity contribution in [2.45, 2.75) is 65.5 Å². The van der Waals surface area contributed by atoms with Gasteiger partial charge in [-0.1, -0.05) is 32.0 Å². The molecule has 7 nitrogen and oxygen atoms in total. The summed E-state index contributed by atoms with van der Waals surface area (Å²) < 4.78 is 19.7. The maximum absolute atomic E-state index is 14.3. The van der Waals surface area contributed by atoms with Crippen LogP contribution in [0.4, 0.5) is 10.1 Å². The Morgan fingerprint density at radius 2 is 2.17 bits per heavy atom. The molecule has 1 aromatic carbocycles. The van der Waals surface area contributed by atoms with Crippen LogP contribution in [0.15, 0.2) is 27.7 Å². The predicted molar refractivity (Wildman–Crippen MR) is 117 cm³/mol. The molecule has 0 amide bonds. The summed E-state index contributed by atoms with van der Waals surface area (Å²) in [6, 6.07) is 5.44. The van der Waals surface area contributed by atoms with Gasteiger partial charge in [0, 0.05) is 31.1 Å². The van der Waals surface area contributed by atoms with Crippen LogP contribution in [0.2, 0.25) is 0 Å². The highest BCUT2D eigenvalue weighted by Gasteiger charge is 2.24. The third-order valence-electron chi connectivity index (χ3n) is 5.04. The number of nitrogens with one attached hydrogen (secondary N) is 2. The fourth-order valence-electron chi connectivity index (χ4n) is 3.46. The summed E-state index contributed by atoms with van der Waals surface area (Å²) in [5.74, 6) is 1.70. The molecule has 1 aliphatic heterocycles. The molecule has 8 heteroatoms. The zero-order valence-corrected chi connectivity index (χ0v) is 18.6. The second-order valence-electron chi connectivity index (χ2n) is 8.85. The van der Waals surface area contributed by atoms with Crippen molar-refractivity contribution in [1.82, 2.24) is 20.8 Å². The van der Waals surface area contributed by atoms with E-state index in [4.69, 9.17) is 4.52 Å². The molecule has 1 atom stereocenters. The van der Waals surface area contributed by atoms with Crippen LogP contribution in [0.1, 0.15) is 57.8 Å². The van der Waals surface area contributed by atoms with E-state index < -0.39 is 0 Å². The number of piperidine rings is 1. The molecular formula is C22H33FN6O. The van der Waals surface area contributed by atoms with Gasteiger partial charge in [-0.25, -0.2) is 9.38 Å². The first-order valence-electron chi connectivity index (χ1n) is 10.6. The third kappa shape index (κ3) is 5.70. The van der Waals surface area contributed by atoms with E-state index in [-0.39, 0.29) is 17.3 Å². The van der Waals surface area contributed by atoms with E-state index in [0.29, 0.717) is 29.9 Å². The first-order chi connectivity index (χ1) is 14.3. The number of hydrogen-bond donors (Lipinski definition) is 2. The van der Waals surface area contributed by atoms with Crippen LogP contribution in [0.25, 0.3) is 0 Å². The first kappa shape index (κ1) is 22.1. The lowest BCUT2D eigenvalue weighted by atomic mass is 9.97. The molecule has 3 rings (SSSR count). The van der Waals surface area contributed by atoms with Crippen molar-refractivity contribution in [2.24, 2.45) is 4.99 Å². The quantitative estimate of drug-likeness (QED) is 0.573. The summed E-state index contributed by atoms with van der Waals surface area (Å²) in [7, 11) is 0. The Morgan fingerprint density at radius 3 is 2.87 bits per heavy atom. The molecule has 0 aliphatic carbocycles. The molecule has 0 bridgehead atoms. The summed E-state index contributed by atoms with van der Waals surface area (Å²) in [6.07, 6.45) is 2.00. The van der Waals surface area contributed by atoms with Gasteiger partial charge in [0.2, 0.25) is 5.89 Å². The topological polar surface area (TPSA) is 78.6 Å². The van der Waals surface area contributed by atoms with Crippen LogP contribution in [0.3, 0.4) is 0 Å². The van der Waals surface area contributed by atoms with Crippen LogP contribution in [-0.4, -0.2) is 41.8 Å². The minimum absolute atomic E-state index is 0.173. The van der Waals surface area contributed by atoms with E-state index >= 15 is 0 Å². The lowest BCUT2D eigenvalue weighted by Crippen LogP contribution is -2.51. The van der Waals surface area contributed by atoms with Crippen LogP contribution in [-0.2, 0) is 12.0 Å². The van der Waals surface area contributed by atoms with Gasteiger partial charge < -0.3 is 20.1 Å². The average Bonchev–Trinajstić information content (AvgIpc) is 3.18. The molecular weight excluding hydrogens is 383 g/mol. The molecule has 164 valence electrons. The van der Waals surface area contributed by atoms with Crippen molar-refractivity contribution in [3.63, 3.8) is 0 Å². The fraction of sp³-hybridized carbons (Fsp3) is 0.591. The monoisotopic (exact) mass is 416 g/mol. The summed E-state index contributed by atoms with van der Waals surface area (Å²) in [5.41, 5.74) is 1.55. The Kier molecular flexibility index (Phi) is 6.95. The molecule has 1 unspecified atom stereocenters. The second-order valence-corrected chi connectivity index (χ2v) is 8.85. The van der Waals surface area contributed by atoms with Gasteiger partial charge in [0.25, 0.3) is 0 Å². The van der Waals surface area contributed by atoms with E-state index in [1.165, 1.54) is 0 Å². The zero-order valence-electron chi connectivity index (χ0n) is 18.6. The summed E-state index contributed by atoms with van der Waals surface area (Å²) in [6.45, 7) is 12.8. The predicted octanol–water partition coefficient (Wildman–Crippen LogP) is 3.54. The van der Waals surface area contributed by atoms with Gasteiger partial charge in [-0.15, -0.1) is 0 Å². The lowest BCUT2D eigenvalue weighted by molar-refractivity contribution is 0.318. The Labute approximate surface area is 178 Å². The number of guanidine groups is 1. The number of aliphatic imine (C=N–C) groups is 1. The number of hydrogen-bond acceptors (Lipinski definition) is 5. The van der Waals surface area contributed by atoms with Gasteiger partial charge in [-0.05, 0) is 44.4 Å². The lowest BCUT2D eigenvalue weighted by Gasteiger charge is -2.35. The highest BCUT2D eigenvalue weighted by molar-refractivity contribution is 5.80.